The number of hydrogen-bond acceptors (Lipinski definition) is 4. The lowest BCUT2D eigenvalue weighted by molar-refractivity contribution is 0.152. The predicted molar refractivity (Wildman–Crippen MR) is 133 cm³/mol. The number of hydrogen-bond donors (Lipinski definition) is 0. The molecule has 2 fully saturated rings. The number of benzene rings is 2. The lowest BCUT2D eigenvalue weighted by Crippen LogP contribution is -2.51. The Morgan fingerprint density at radius 2 is 1.67 bits per heavy atom. The average molecular weight is 441 g/mol. The summed E-state index contributed by atoms with van der Waals surface area (Å²) >= 11 is 2.04. The SMILES string of the molecule is CC(C)(C)[Si](C)(C)O[C@H]1CN(c2ccccc2)S[C@@]12CCN(Cc1ccccc1)C2. The van der Waals surface area contributed by atoms with Crippen LogP contribution < -0.4 is 4.31 Å². The van der Waals surface area contributed by atoms with Gasteiger partial charge in [0.2, 0.25) is 0 Å². The van der Waals surface area contributed by atoms with Gasteiger partial charge in [-0.25, -0.2) is 0 Å². The van der Waals surface area contributed by atoms with Gasteiger partial charge in [-0.05, 0) is 54.2 Å². The minimum absolute atomic E-state index is 0.139. The first-order valence-electron chi connectivity index (χ1n) is 11.1. The highest BCUT2D eigenvalue weighted by Gasteiger charge is 2.55. The topological polar surface area (TPSA) is 15.7 Å². The zero-order valence-corrected chi connectivity index (χ0v) is 20.9. The summed E-state index contributed by atoms with van der Waals surface area (Å²) in [6, 6.07) is 21.7. The molecule has 2 aromatic rings. The Balaban J connectivity index is 1.56. The van der Waals surface area contributed by atoms with Crippen molar-refractivity contribution >= 4 is 26.0 Å². The van der Waals surface area contributed by atoms with Gasteiger partial charge in [0.15, 0.2) is 8.32 Å². The van der Waals surface area contributed by atoms with Crippen LogP contribution in [0.2, 0.25) is 18.1 Å². The summed E-state index contributed by atoms with van der Waals surface area (Å²) in [5.41, 5.74) is 2.70. The summed E-state index contributed by atoms with van der Waals surface area (Å²) < 4.78 is 9.73. The van der Waals surface area contributed by atoms with Crippen molar-refractivity contribution in [1.29, 1.82) is 0 Å². The largest absolute Gasteiger partial charge is 0.411 e. The zero-order valence-electron chi connectivity index (χ0n) is 19.1. The highest BCUT2D eigenvalue weighted by Crippen LogP contribution is 2.51. The molecule has 0 N–H and O–H groups in total. The first-order valence-corrected chi connectivity index (χ1v) is 14.8. The number of likely N-dealkylation sites (tertiary alicyclic amines) is 1. The fourth-order valence-electron chi connectivity index (χ4n) is 4.26. The second-order valence-electron chi connectivity index (χ2n) is 10.4. The van der Waals surface area contributed by atoms with Crippen molar-refractivity contribution < 1.29 is 4.43 Å². The van der Waals surface area contributed by atoms with Gasteiger partial charge in [0.1, 0.15) is 0 Å². The van der Waals surface area contributed by atoms with Gasteiger partial charge in [0.05, 0.1) is 17.4 Å². The zero-order chi connectivity index (χ0) is 21.4. The molecule has 0 aromatic heterocycles. The summed E-state index contributed by atoms with van der Waals surface area (Å²) in [5.74, 6) is 0. The number of rotatable bonds is 5. The van der Waals surface area contributed by atoms with E-state index in [1.807, 2.05) is 11.9 Å². The van der Waals surface area contributed by atoms with Crippen molar-refractivity contribution in [2.24, 2.45) is 0 Å². The van der Waals surface area contributed by atoms with E-state index >= 15 is 0 Å². The third-order valence-electron chi connectivity index (χ3n) is 7.09. The van der Waals surface area contributed by atoms with E-state index in [0.717, 1.165) is 26.2 Å². The molecule has 2 heterocycles. The van der Waals surface area contributed by atoms with E-state index in [0.29, 0.717) is 0 Å². The Hall–Kier alpha value is -1.27. The highest BCUT2D eigenvalue weighted by atomic mass is 32.2. The Morgan fingerprint density at radius 3 is 2.30 bits per heavy atom. The predicted octanol–water partition coefficient (Wildman–Crippen LogP) is 6.19. The van der Waals surface area contributed by atoms with Crippen molar-refractivity contribution in [3.63, 3.8) is 0 Å². The third kappa shape index (κ3) is 4.50. The van der Waals surface area contributed by atoms with E-state index in [1.165, 1.54) is 17.7 Å². The van der Waals surface area contributed by atoms with Gasteiger partial charge in [0, 0.05) is 25.3 Å². The van der Waals surface area contributed by atoms with Gasteiger partial charge in [-0.1, -0.05) is 69.3 Å². The van der Waals surface area contributed by atoms with Crippen LogP contribution in [0.4, 0.5) is 5.69 Å². The van der Waals surface area contributed by atoms with E-state index in [4.69, 9.17) is 4.43 Å². The number of para-hydroxylation sites is 1. The van der Waals surface area contributed by atoms with Crippen LogP contribution in [0.1, 0.15) is 32.8 Å². The summed E-state index contributed by atoms with van der Waals surface area (Å²) in [5, 5.41) is 0.224. The summed E-state index contributed by atoms with van der Waals surface area (Å²) in [4.78, 5) is 2.62. The van der Waals surface area contributed by atoms with Gasteiger partial charge in [0.25, 0.3) is 0 Å². The second kappa shape index (κ2) is 8.34. The van der Waals surface area contributed by atoms with Crippen molar-refractivity contribution in [2.75, 3.05) is 23.9 Å². The van der Waals surface area contributed by atoms with Gasteiger partial charge in [-0.15, -0.1) is 0 Å². The molecular formula is C25H36N2OSSi. The van der Waals surface area contributed by atoms with Crippen LogP contribution >= 0.6 is 11.9 Å². The van der Waals surface area contributed by atoms with Crippen molar-refractivity contribution in [3.05, 3.63) is 66.2 Å². The molecule has 2 aromatic carbocycles. The van der Waals surface area contributed by atoms with E-state index in [2.05, 4.69) is 104 Å². The number of nitrogens with zero attached hydrogens (tertiary/aromatic N) is 2. The molecule has 1 spiro atoms. The van der Waals surface area contributed by atoms with Gasteiger partial charge in [-0.3, -0.25) is 4.90 Å². The van der Waals surface area contributed by atoms with Crippen LogP contribution in [-0.4, -0.2) is 43.7 Å². The monoisotopic (exact) mass is 440 g/mol. The maximum atomic E-state index is 7.10. The molecular weight excluding hydrogens is 404 g/mol. The highest BCUT2D eigenvalue weighted by molar-refractivity contribution is 8.02. The summed E-state index contributed by atoms with van der Waals surface area (Å²) in [6.45, 7) is 16.1. The van der Waals surface area contributed by atoms with Gasteiger partial charge in [-0.2, -0.15) is 0 Å². The maximum absolute atomic E-state index is 7.10. The standard InChI is InChI=1S/C25H36N2OSSi/c1-24(2,3)30(4,5)28-23-19-27(22-14-10-7-11-15-22)29-25(23)16-17-26(20-25)18-21-12-8-6-9-13-21/h6-15,23H,16-20H2,1-5H3/t23-,25+/m0/s1. The minimum atomic E-state index is -1.85. The lowest BCUT2D eigenvalue weighted by Gasteiger charge is -2.41. The molecule has 3 nitrogen and oxygen atoms in total. The fourth-order valence-corrected chi connectivity index (χ4v) is 7.25. The maximum Gasteiger partial charge on any atom is 0.192 e. The Morgan fingerprint density at radius 1 is 1.03 bits per heavy atom. The van der Waals surface area contributed by atoms with E-state index in [-0.39, 0.29) is 15.9 Å². The van der Waals surface area contributed by atoms with Crippen LogP contribution in [0, 0.1) is 0 Å². The average Bonchev–Trinajstić information content (AvgIpc) is 3.26. The molecule has 0 unspecified atom stereocenters. The van der Waals surface area contributed by atoms with E-state index in [9.17, 15) is 0 Å². The third-order valence-corrected chi connectivity index (χ3v) is 13.1. The van der Waals surface area contributed by atoms with E-state index < -0.39 is 8.32 Å². The fraction of sp³-hybridized carbons (Fsp3) is 0.520. The van der Waals surface area contributed by atoms with Crippen LogP contribution in [0.5, 0.6) is 0 Å². The molecule has 162 valence electrons. The Kier molecular flexibility index (Phi) is 6.10. The molecule has 2 saturated heterocycles. The minimum Gasteiger partial charge on any atom is -0.411 e. The van der Waals surface area contributed by atoms with Crippen LogP contribution in [0.3, 0.4) is 0 Å². The molecule has 2 aliphatic heterocycles. The van der Waals surface area contributed by atoms with E-state index in [1.54, 1.807) is 0 Å². The van der Waals surface area contributed by atoms with Crippen molar-refractivity contribution in [2.45, 2.75) is 62.7 Å². The van der Waals surface area contributed by atoms with Gasteiger partial charge >= 0.3 is 0 Å². The smallest absolute Gasteiger partial charge is 0.192 e. The van der Waals surface area contributed by atoms with Crippen molar-refractivity contribution in [1.82, 2.24) is 4.90 Å². The molecule has 2 aliphatic rings. The van der Waals surface area contributed by atoms with Crippen LogP contribution in [0.15, 0.2) is 60.7 Å². The first kappa shape index (κ1) is 21.9. The molecule has 0 bridgehead atoms. The molecule has 0 saturated carbocycles. The molecule has 30 heavy (non-hydrogen) atoms. The van der Waals surface area contributed by atoms with Crippen LogP contribution in [-0.2, 0) is 11.0 Å². The van der Waals surface area contributed by atoms with Crippen LogP contribution in [0.25, 0.3) is 0 Å². The lowest BCUT2D eigenvalue weighted by atomic mass is 10.0. The molecule has 0 amide bonds. The van der Waals surface area contributed by atoms with Gasteiger partial charge < -0.3 is 8.73 Å². The number of anilines is 1. The first-order chi connectivity index (χ1) is 14.2. The molecule has 0 aliphatic carbocycles. The summed E-state index contributed by atoms with van der Waals surface area (Å²) in [7, 11) is -1.85. The summed E-state index contributed by atoms with van der Waals surface area (Å²) in [6.07, 6.45) is 1.46. The Labute approximate surface area is 188 Å². The molecule has 2 atom stereocenters. The molecule has 4 rings (SSSR count). The Bertz CT molecular complexity index is 839. The van der Waals surface area contributed by atoms with Crippen molar-refractivity contribution in [3.8, 4) is 0 Å². The normalized spacial score (nSPS) is 25.4. The molecule has 5 heteroatoms. The second-order valence-corrected chi connectivity index (χ2v) is 16.6. The quantitative estimate of drug-likeness (QED) is 0.407. The molecule has 0 radical (unpaired) electrons.